The Bertz CT molecular complexity index is 399. The fraction of sp³-hybridized carbons (Fsp3) is 0.625. The minimum Gasteiger partial charge on any atom is -0.383 e. The van der Waals surface area contributed by atoms with Gasteiger partial charge in [-0.05, 0) is 38.8 Å². The van der Waals surface area contributed by atoms with E-state index in [1.807, 2.05) is 0 Å². The summed E-state index contributed by atoms with van der Waals surface area (Å²) in [6.45, 7) is 7.17. The van der Waals surface area contributed by atoms with Crippen LogP contribution in [-0.4, -0.2) is 37.7 Å². The van der Waals surface area contributed by atoms with Gasteiger partial charge in [-0.2, -0.15) is 0 Å². The molecule has 0 saturated carbocycles. The summed E-state index contributed by atoms with van der Waals surface area (Å²) in [5.41, 5.74) is 10.4. The summed E-state index contributed by atoms with van der Waals surface area (Å²) >= 11 is 0. The van der Waals surface area contributed by atoms with E-state index in [1.54, 1.807) is 7.11 Å². The van der Waals surface area contributed by atoms with Gasteiger partial charge in [0.15, 0.2) is 0 Å². The lowest BCUT2D eigenvalue weighted by Crippen LogP contribution is -2.47. The summed E-state index contributed by atoms with van der Waals surface area (Å²) < 4.78 is 5.23. The van der Waals surface area contributed by atoms with Gasteiger partial charge in [-0.25, -0.2) is 0 Å². The molecule has 1 fully saturated rings. The van der Waals surface area contributed by atoms with E-state index >= 15 is 0 Å². The van der Waals surface area contributed by atoms with E-state index in [0.29, 0.717) is 6.04 Å². The van der Waals surface area contributed by atoms with E-state index in [9.17, 15) is 0 Å². The zero-order chi connectivity index (χ0) is 13.8. The number of hydrogen-bond acceptors (Lipinski definition) is 3. The first-order valence-electron chi connectivity index (χ1n) is 7.18. The van der Waals surface area contributed by atoms with Gasteiger partial charge in [0.2, 0.25) is 0 Å². The molecular weight excluding hydrogens is 236 g/mol. The third kappa shape index (κ3) is 3.56. The highest BCUT2D eigenvalue weighted by Gasteiger charge is 2.30. The molecule has 2 rings (SSSR count). The SMILES string of the molecule is COCCN1CCCC(N)C1c1cc(C)cc(C)c1. The van der Waals surface area contributed by atoms with Crippen LogP contribution in [0.2, 0.25) is 0 Å². The quantitative estimate of drug-likeness (QED) is 0.905. The largest absolute Gasteiger partial charge is 0.383 e. The lowest BCUT2D eigenvalue weighted by atomic mass is 9.89. The second kappa shape index (κ2) is 6.51. The molecule has 2 unspecified atom stereocenters. The Morgan fingerprint density at radius 1 is 1.26 bits per heavy atom. The summed E-state index contributed by atoms with van der Waals surface area (Å²) in [6.07, 6.45) is 2.30. The Kier molecular flexibility index (Phi) is 4.97. The van der Waals surface area contributed by atoms with Crippen molar-refractivity contribution in [2.45, 2.75) is 38.8 Å². The van der Waals surface area contributed by atoms with Gasteiger partial charge in [0.25, 0.3) is 0 Å². The smallest absolute Gasteiger partial charge is 0.0589 e. The van der Waals surface area contributed by atoms with Crippen LogP contribution in [0.4, 0.5) is 0 Å². The second-order valence-corrected chi connectivity index (χ2v) is 5.70. The van der Waals surface area contributed by atoms with Crippen molar-refractivity contribution in [3.05, 3.63) is 34.9 Å². The average Bonchev–Trinajstić information content (AvgIpc) is 2.35. The molecule has 0 aromatic heterocycles. The minimum absolute atomic E-state index is 0.229. The Morgan fingerprint density at radius 3 is 2.58 bits per heavy atom. The summed E-state index contributed by atoms with van der Waals surface area (Å²) in [5, 5.41) is 0. The number of rotatable bonds is 4. The predicted octanol–water partition coefficient (Wildman–Crippen LogP) is 2.41. The molecule has 2 N–H and O–H groups in total. The van der Waals surface area contributed by atoms with Crippen LogP contribution < -0.4 is 5.73 Å². The van der Waals surface area contributed by atoms with Gasteiger partial charge in [-0.15, -0.1) is 0 Å². The number of ether oxygens (including phenoxy) is 1. The third-order valence-electron chi connectivity index (χ3n) is 3.95. The topological polar surface area (TPSA) is 38.5 Å². The molecule has 1 aliphatic heterocycles. The predicted molar refractivity (Wildman–Crippen MR) is 79.3 cm³/mol. The van der Waals surface area contributed by atoms with Gasteiger partial charge in [0.1, 0.15) is 0 Å². The van der Waals surface area contributed by atoms with Crippen LogP contribution >= 0.6 is 0 Å². The Balaban J connectivity index is 2.25. The standard InChI is InChI=1S/C16H26N2O/c1-12-9-13(2)11-14(10-12)16-15(17)5-4-6-18(16)7-8-19-3/h9-11,15-16H,4-8,17H2,1-3H3. The van der Waals surface area contributed by atoms with Crippen molar-refractivity contribution in [1.82, 2.24) is 4.90 Å². The van der Waals surface area contributed by atoms with Gasteiger partial charge in [0, 0.05) is 25.7 Å². The molecule has 1 saturated heterocycles. The molecule has 0 aliphatic carbocycles. The molecule has 0 radical (unpaired) electrons. The fourth-order valence-corrected chi connectivity index (χ4v) is 3.20. The first kappa shape index (κ1) is 14.5. The summed E-state index contributed by atoms with van der Waals surface area (Å²) in [4.78, 5) is 2.48. The molecular formula is C16H26N2O. The van der Waals surface area contributed by atoms with E-state index in [0.717, 1.165) is 26.1 Å². The number of aryl methyl sites for hydroxylation is 2. The lowest BCUT2D eigenvalue weighted by Gasteiger charge is -2.40. The minimum atomic E-state index is 0.229. The van der Waals surface area contributed by atoms with E-state index in [1.165, 1.54) is 23.1 Å². The summed E-state index contributed by atoms with van der Waals surface area (Å²) in [6, 6.07) is 7.34. The fourth-order valence-electron chi connectivity index (χ4n) is 3.20. The van der Waals surface area contributed by atoms with Crippen LogP contribution in [0, 0.1) is 13.8 Å². The van der Waals surface area contributed by atoms with Crippen molar-refractivity contribution in [3.8, 4) is 0 Å². The lowest BCUT2D eigenvalue weighted by molar-refractivity contribution is 0.0847. The zero-order valence-corrected chi connectivity index (χ0v) is 12.4. The van der Waals surface area contributed by atoms with Gasteiger partial charge < -0.3 is 10.5 Å². The summed E-state index contributed by atoms with van der Waals surface area (Å²) in [7, 11) is 1.76. The normalized spacial score (nSPS) is 24.6. The van der Waals surface area contributed by atoms with E-state index in [-0.39, 0.29) is 6.04 Å². The number of piperidine rings is 1. The van der Waals surface area contributed by atoms with Gasteiger partial charge in [-0.1, -0.05) is 29.3 Å². The van der Waals surface area contributed by atoms with Crippen molar-refractivity contribution in [3.63, 3.8) is 0 Å². The average molecular weight is 262 g/mol. The second-order valence-electron chi connectivity index (χ2n) is 5.70. The maximum atomic E-state index is 6.39. The van der Waals surface area contributed by atoms with E-state index in [2.05, 4.69) is 36.9 Å². The highest BCUT2D eigenvalue weighted by atomic mass is 16.5. The number of hydrogen-bond donors (Lipinski definition) is 1. The number of methoxy groups -OCH3 is 1. The molecule has 2 atom stereocenters. The van der Waals surface area contributed by atoms with Crippen LogP contribution in [0.1, 0.15) is 35.6 Å². The highest BCUT2D eigenvalue weighted by molar-refractivity contribution is 5.32. The van der Waals surface area contributed by atoms with Crippen molar-refractivity contribution < 1.29 is 4.74 Å². The molecule has 1 aromatic rings. The number of benzene rings is 1. The maximum Gasteiger partial charge on any atom is 0.0589 e. The molecule has 3 heteroatoms. The highest BCUT2D eigenvalue weighted by Crippen LogP contribution is 2.31. The molecule has 106 valence electrons. The Labute approximate surface area is 116 Å². The molecule has 1 aromatic carbocycles. The molecule has 3 nitrogen and oxygen atoms in total. The van der Waals surface area contributed by atoms with Crippen molar-refractivity contribution in [1.29, 1.82) is 0 Å². The van der Waals surface area contributed by atoms with Crippen LogP contribution in [0.25, 0.3) is 0 Å². The zero-order valence-electron chi connectivity index (χ0n) is 12.4. The van der Waals surface area contributed by atoms with Crippen molar-refractivity contribution in [2.75, 3.05) is 26.8 Å². The Hall–Kier alpha value is -0.900. The monoisotopic (exact) mass is 262 g/mol. The molecule has 0 amide bonds. The Morgan fingerprint density at radius 2 is 1.95 bits per heavy atom. The first-order chi connectivity index (χ1) is 9.11. The van der Waals surface area contributed by atoms with Crippen LogP contribution in [0.15, 0.2) is 18.2 Å². The molecule has 0 bridgehead atoms. The van der Waals surface area contributed by atoms with Crippen molar-refractivity contribution in [2.24, 2.45) is 5.73 Å². The summed E-state index contributed by atoms with van der Waals surface area (Å²) in [5.74, 6) is 0. The van der Waals surface area contributed by atoms with Crippen molar-refractivity contribution >= 4 is 0 Å². The molecule has 0 spiro atoms. The van der Waals surface area contributed by atoms with Crippen LogP contribution in [0.5, 0.6) is 0 Å². The van der Waals surface area contributed by atoms with Gasteiger partial charge in [-0.3, -0.25) is 4.90 Å². The third-order valence-corrected chi connectivity index (χ3v) is 3.95. The van der Waals surface area contributed by atoms with Gasteiger partial charge >= 0.3 is 0 Å². The van der Waals surface area contributed by atoms with Gasteiger partial charge in [0.05, 0.1) is 6.61 Å². The van der Waals surface area contributed by atoms with Crippen LogP contribution in [-0.2, 0) is 4.74 Å². The molecule has 19 heavy (non-hydrogen) atoms. The number of nitrogens with zero attached hydrogens (tertiary/aromatic N) is 1. The number of likely N-dealkylation sites (tertiary alicyclic amines) is 1. The first-order valence-corrected chi connectivity index (χ1v) is 7.18. The van der Waals surface area contributed by atoms with E-state index < -0.39 is 0 Å². The maximum absolute atomic E-state index is 6.39. The van der Waals surface area contributed by atoms with Crippen LogP contribution in [0.3, 0.4) is 0 Å². The molecule has 1 heterocycles. The number of nitrogens with two attached hydrogens (primary N) is 1. The molecule has 1 aliphatic rings. The van der Waals surface area contributed by atoms with E-state index in [4.69, 9.17) is 10.5 Å².